The SMILES string of the molecule is Cc1cc(OC2CCCCO2)ccc1-c1cccc(C(O)Cc2cc(OC3CCCCO3)ccc2-c2cccc(C=O)c2)c1. The van der Waals surface area contributed by atoms with Gasteiger partial charge in [0.15, 0.2) is 12.6 Å². The van der Waals surface area contributed by atoms with E-state index in [0.29, 0.717) is 24.3 Å². The first kappa shape index (κ1) is 30.1. The molecule has 3 atom stereocenters. The lowest BCUT2D eigenvalue weighted by molar-refractivity contribution is -0.106. The van der Waals surface area contributed by atoms with E-state index in [2.05, 4.69) is 31.2 Å². The Hall–Kier alpha value is -3.97. The van der Waals surface area contributed by atoms with Crippen molar-refractivity contribution in [3.05, 3.63) is 107 Å². The Labute approximate surface area is 259 Å². The summed E-state index contributed by atoms with van der Waals surface area (Å²) < 4.78 is 23.8. The maximum Gasteiger partial charge on any atom is 0.199 e. The van der Waals surface area contributed by atoms with E-state index in [-0.39, 0.29) is 12.6 Å². The Bertz CT molecular complexity index is 1570. The Kier molecular flexibility index (Phi) is 9.71. The molecule has 0 radical (unpaired) electrons. The number of aliphatic hydroxyl groups excluding tert-OH is 1. The Morgan fingerprint density at radius 3 is 2.05 bits per heavy atom. The summed E-state index contributed by atoms with van der Waals surface area (Å²) in [6, 6.07) is 27.7. The lowest BCUT2D eigenvalue weighted by Gasteiger charge is -2.24. The highest BCUT2D eigenvalue weighted by Crippen LogP contribution is 2.34. The van der Waals surface area contributed by atoms with Crippen molar-refractivity contribution in [1.82, 2.24) is 0 Å². The van der Waals surface area contributed by atoms with Crippen LogP contribution in [-0.2, 0) is 15.9 Å². The van der Waals surface area contributed by atoms with Crippen LogP contribution in [0, 0.1) is 6.92 Å². The average Bonchev–Trinajstić information content (AvgIpc) is 3.06. The van der Waals surface area contributed by atoms with E-state index in [1.807, 2.05) is 54.6 Å². The number of aliphatic hydroxyl groups is 1. The molecule has 0 amide bonds. The number of hydrogen-bond acceptors (Lipinski definition) is 6. The molecule has 0 bridgehead atoms. The van der Waals surface area contributed by atoms with Gasteiger partial charge in [0, 0.05) is 24.8 Å². The van der Waals surface area contributed by atoms with Gasteiger partial charge in [0.2, 0.25) is 0 Å². The summed E-state index contributed by atoms with van der Waals surface area (Å²) >= 11 is 0. The smallest absolute Gasteiger partial charge is 0.199 e. The van der Waals surface area contributed by atoms with Gasteiger partial charge in [-0.1, -0.05) is 48.5 Å². The lowest BCUT2D eigenvalue weighted by Crippen LogP contribution is -2.25. The zero-order valence-electron chi connectivity index (χ0n) is 25.2. The third-order valence-corrected chi connectivity index (χ3v) is 8.41. The maximum atomic E-state index is 11.6. The molecule has 6 rings (SSSR count). The highest BCUT2D eigenvalue weighted by atomic mass is 16.7. The highest BCUT2D eigenvalue weighted by Gasteiger charge is 2.19. The van der Waals surface area contributed by atoms with Crippen molar-refractivity contribution >= 4 is 6.29 Å². The van der Waals surface area contributed by atoms with Crippen LogP contribution in [0.15, 0.2) is 84.9 Å². The van der Waals surface area contributed by atoms with E-state index in [0.717, 1.165) is 96.1 Å². The number of hydrogen-bond donors (Lipinski definition) is 1. The van der Waals surface area contributed by atoms with Gasteiger partial charge in [-0.3, -0.25) is 4.79 Å². The van der Waals surface area contributed by atoms with Crippen LogP contribution in [0.5, 0.6) is 11.5 Å². The van der Waals surface area contributed by atoms with E-state index >= 15 is 0 Å². The van der Waals surface area contributed by atoms with Crippen LogP contribution in [0.3, 0.4) is 0 Å². The predicted octanol–water partition coefficient (Wildman–Crippen LogP) is 8.23. The number of ether oxygens (including phenoxy) is 4. The molecule has 4 aromatic carbocycles. The van der Waals surface area contributed by atoms with Crippen molar-refractivity contribution in [2.45, 2.75) is 70.6 Å². The van der Waals surface area contributed by atoms with E-state index < -0.39 is 6.10 Å². The number of benzene rings is 4. The molecule has 2 heterocycles. The van der Waals surface area contributed by atoms with Crippen LogP contribution in [0.4, 0.5) is 0 Å². The number of aryl methyl sites for hydroxylation is 1. The molecule has 0 spiro atoms. The molecule has 4 aromatic rings. The fourth-order valence-corrected chi connectivity index (χ4v) is 6.06. The van der Waals surface area contributed by atoms with Gasteiger partial charge in [-0.05, 0) is 108 Å². The molecule has 2 aliphatic heterocycles. The highest BCUT2D eigenvalue weighted by molar-refractivity contribution is 5.80. The number of aldehydes is 1. The lowest BCUT2D eigenvalue weighted by atomic mass is 9.91. The van der Waals surface area contributed by atoms with Gasteiger partial charge < -0.3 is 24.1 Å². The summed E-state index contributed by atoms with van der Waals surface area (Å²) in [6.07, 6.45) is 6.13. The number of carbonyl (C=O) groups excluding carboxylic acids is 1. The van der Waals surface area contributed by atoms with E-state index in [1.54, 1.807) is 6.07 Å². The zero-order valence-corrected chi connectivity index (χ0v) is 25.2. The molecule has 2 fully saturated rings. The molecule has 228 valence electrons. The monoisotopic (exact) mass is 592 g/mol. The third kappa shape index (κ3) is 7.39. The number of carbonyl (C=O) groups is 1. The fourth-order valence-electron chi connectivity index (χ4n) is 6.06. The first-order chi connectivity index (χ1) is 21.6. The second-order valence-electron chi connectivity index (χ2n) is 11.7. The van der Waals surface area contributed by atoms with E-state index in [9.17, 15) is 9.90 Å². The van der Waals surface area contributed by atoms with Crippen LogP contribution in [0.25, 0.3) is 22.3 Å². The van der Waals surface area contributed by atoms with Crippen LogP contribution in [0.1, 0.15) is 71.7 Å². The zero-order chi connectivity index (χ0) is 30.3. The first-order valence-corrected chi connectivity index (χ1v) is 15.7. The van der Waals surface area contributed by atoms with Crippen molar-refractivity contribution in [2.75, 3.05) is 13.2 Å². The van der Waals surface area contributed by atoms with Crippen LogP contribution < -0.4 is 9.47 Å². The molecule has 0 aromatic heterocycles. The second kappa shape index (κ2) is 14.2. The van der Waals surface area contributed by atoms with Gasteiger partial charge in [-0.15, -0.1) is 0 Å². The molecule has 2 saturated heterocycles. The van der Waals surface area contributed by atoms with Gasteiger partial charge in [0.05, 0.1) is 19.3 Å². The minimum Gasteiger partial charge on any atom is -0.465 e. The van der Waals surface area contributed by atoms with Gasteiger partial charge in [-0.2, -0.15) is 0 Å². The largest absolute Gasteiger partial charge is 0.465 e. The molecule has 0 saturated carbocycles. The minimum absolute atomic E-state index is 0.183. The summed E-state index contributed by atoms with van der Waals surface area (Å²) in [5, 5.41) is 11.6. The minimum atomic E-state index is -0.754. The second-order valence-corrected chi connectivity index (χ2v) is 11.7. The molecule has 2 aliphatic rings. The van der Waals surface area contributed by atoms with Crippen molar-refractivity contribution in [3.63, 3.8) is 0 Å². The predicted molar refractivity (Wildman–Crippen MR) is 171 cm³/mol. The van der Waals surface area contributed by atoms with E-state index in [1.165, 1.54) is 0 Å². The van der Waals surface area contributed by atoms with Gasteiger partial charge in [0.25, 0.3) is 0 Å². The van der Waals surface area contributed by atoms with Gasteiger partial charge in [0.1, 0.15) is 17.8 Å². The summed E-state index contributed by atoms with van der Waals surface area (Å²) in [4.78, 5) is 11.5. The topological polar surface area (TPSA) is 74.2 Å². The quantitative estimate of drug-likeness (QED) is 0.187. The molecule has 6 nitrogen and oxygen atoms in total. The first-order valence-electron chi connectivity index (χ1n) is 15.7. The molecule has 3 unspecified atom stereocenters. The Morgan fingerprint density at radius 1 is 0.773 bits per heavy atom. The summed E-state index contributed by atoms with van der Waals surface area (Å²) in [7, 11) is 0. The Morgan fingerprint density at radius 2 is 1.41 bits per heavy atom. The van der Waals surface area contributed by atoms with Gasteiger partial charge >= 0.3 is 0 Å². The summed E-state index contributed by atoms with van der Waals surface area (Å²) in [6.45, 7) is 3.53. The van der Waals surface area contributed by atoms with E-state index in [4.69, 9.17) is 18.9 Å². The fraction of sp³-hybridized carbons (Fsp3) is 0.342. The summed E-state index contributed by atoms with van der Waals surface area (Å²) in [5.41, 5.74) is 7.45. The molecule has 44 heavy (non-hydrogen) atoms. The molecule has 0 aliphatic carbocycles. The van der Waals surface area contributed by atoms with Crippen LogP contribution in [-0.4, -0.2) is 37.2 Å². The van der Waals surface area contributed by atoms with Crippen molar-refractivity contribution in [3.8, 4) is 33.8 Å². The van der Waals surface area contributed by atoms with Crippen molar-refractivity contribution in [1.29, 1.82) is 0 Å². The summed E-state index contributed by atoms with van der Waals surface area (Å²) in [5.74, 6) is 1.51. The molecule has 6 heteroatoms. The number of rotatable bonds is 10. The Balaban J connectivity index is 1.24. The van der Waals surface area contributed by atoms with Crippen molar-refractivity contribution in [2.24, 2.45) is 0 Å². The van der Waals surface area contributed by atoms with Gasteiger partial charge in [-0.25, -0.2) is 0 Å². The molecular weight excluding hydrogens is 552 g/mol. The van der Waals surface area contributed by atoms with Crippen LogP contribution >= 0.6 is 0 Å². The van der Waals surface area contributed by atoms with Crippen LogP contribution in [0.2, 0.25) is 0 Å². The third-order valence-electron chi connectivity index (χ3n) is 8.41. The molecule has 1 N–H and O–H groups in total. The maximum absolute atomic E-state index is 11.6. The normalized spacial score (nSPS) is 19.2. The average molecular weight is 593 g/mol. The standard InChI is InChI=1S/C38H40O6/c1-26-20-32(43-37-12-2-4-18-41-37)14-16-34(26)29-10-7-11-30(22-29)36(40)24-31-23-33(44-38-13-3-5-19-42-38)15-17-35(31)28-9-6-8-27(21-28)25-39/h6-11,14-17,20-23,25,36-38,40H,2-5,12-13,18-19,24H2,1H3. The molecular formula is C38H40O6. The van der Waals surface area contributed by atoms with Crippen molar-refractivity contribution < 1.29 is 28.8 Å².